The van der Waals surface area contributed by atoms with Crippen molar-refractivity contribution < 1.29 is 10.2 Å². The highest BCUT2D eigenvalue weighted by molar-refractivity contribution is 5.14. The fourth-order valence-electron chi connectivity index (χ4n) is 1.43. The minimum atomic E-state index is -0.969. The molecule has 14 heavy (non-hydrogen) atoms. The number of hydrogen-bond donors (Lipinski definition) is 2. The van der Waals surface area contributed by atoms with Crippen molar-refractivity contribution in [2.45, 2.75) is 58.7 Å². The molecule has 2 atom stereocenters. The van der Waals surface area contributed by atoms with E-state index in [1.807, 2.05) is 20.8 Å². The smallest absolute Gasteiger partial charge is 0.123 e. The van der Waals surface area contributed by atoms with E-state index in [9.17, 15) is 10.2 Å². The topological polar surface area (TPSA) is 40.5 Å². The van der Waals surface area contributed by atoms with E-state index in [2.05, 4.69) is 11.8 Å². The highest BCUT2D eigenvalue weighted by atomic mass is 16.3. The standard InChI is InChI=1S/C12H22O2/c1-5-6-11(13)7-8-12(4,14)9-10(2)3/h10-11,13-14H,5-6,9H2,1-4H3. The molecule has 0 spiro atoms. The summed E-state index contributed by atoms with van der Waals surface area (Å²) in [4.78, 5) is 0. The molecule has 2 nitrogen and oxygen atoms in total. The molecule has 0 radical (unpaired) electrons. The van der Waals surface area contributed by atoms with Crippen molar-refractivity contribution in [3.05, 3.63) is 0 Å². The summed E-state index contributed by atoms with van der Waals surface area (Å²) in [6, 6.07) is 0. The van der Waals surface area contributed by atoms with Crippen LogP contribution in [0.3, 0.4) is 0 Å². The van der Waals surface area contributed by atoms with Crippen molar-refractivity contribution in [1.29, 1.82) is 0 Å². The average molecular weight is 198 g/mol. The molecule has 0 aromatic carbocycles. The van der Waals surface area contributed by atoms with E-state index >= 15 is 0 Å². The second kappa shape index (κ2) is 6.06. The first-order chi connectivity index (χ1) is 6.37. The van der Waals surface area contributed by atoms with Crippen LogP contribution in [0, 0.1) is 17.8 Å². The van der Waals surface area contributed by atoms with E-state index in [1.165, 1.54) is 0 Å². The van der Waals surface area contributed by atoms with E-state index in [-0.39, 0.29) is 0 Å². The van der Waals surface area contributed by atoms with Gasteiger partial charge in [-0.15, -0.1) is 0 Å². The highest BCUT2D eigenvalue weighted by Gasteiger charge is 2.18. The largest absolute Gasteiger partial charge is 0.380 e. The van der Waals surface area contributed by atoms with E-state index < -0.39 is 11.7 Å². The molecule has 0 aromatic rings. The molecule has 0 aliphatic rings. The van der Waals surface area contributed by atoms with Crippen molar-refractivity contribution in [2.75, 3.05) is 0 Å². The quantitative estimate of drug-likeness (QED) is 0.678. The molecule has 0 fully saturated rings. The lowest BCUT2D eigenvalue weighted by Crippen LogP contribution is -2.24. The van der Waals surface area contributed by atoms with Gasteiger partial charge in [-0.25, -0.2) is 0 Å². The minimum Gasteiger partial charge on any atom is -0.380 e. The maximum Gasteiger partial charge on any atom is 0.123 e. The van der Waals surface area contributed by atoms with Gasteiger partial charge >= 0.3 is 0 Å². The first kappa shape index (κ1) is 13.5. The Bertz CT molecular complexity index is 208. The summed E-state index contributed by atoms with van der Waals surface area (Å²) in [5, 5.41) is 19.2. The van der Waals surface area contributed by atoms with E-state index in [0.29, 0.717) is 18.8 Å². The van der Waals surface area contributed by atoms with Gasteiger partial charge < -0.3 is 10.2 Å². The van der Waals surface area contributed by atoms with Crippen molar-refractivity contribution >= 4 is 0 Å². The molecule has 0 rings (SSSR count). The Morgan fingerprint density at radius 1 is 1.36 bits per heavy atom. The average Bonchev–Trinajstić information content (AvgIpc) is 1.99. The van der Waals surface area contributed by atoms with Gasteiger partial charge in [-0.05, 0) is 25.7 Å². The van der Waals surface area contributed by atoms with Gasteiger partial charge in [0.2, 0.25) is 0 Å². The predicted molar refractivity (Wildman–Crippen MR) is 58.8 cm³/mol. The Morgan fingerprint density at radius 3 is 2.36 bits per heavy atom. The molecule has 2 unspecified atom stereocenters. The summed E-state index contributed by atoms with van der Waals surface area (Å²) in [7, 11) is 0. The van der Waals surface area contributed by atoms with E-state index in [0.717, 1.165) is 6.42 Å². The van der Waals surface area contributed by atoms with Crippen LogP contribution in [-0.2, 0) is 0 Å². The SMILES string of the molecule is CCCC(O)C#CC(C)(O)CC(C)C. The van der Waals surface area contributed by atoms with E-state index in [4.69, 9.17) is 0 Å². The first-order valence-corrected chi connectivity index (χ1v) is 5.30. The maximum atomic E-state index is 9.82. The van der Waals surface area contributed by atoms with E-state index in [1.54, 1.807) is 6.92 Å². The van der Waals surface area contributed by atoms with Crippen molar-refractivity contribution in [3.8, 4) is 11.8 Å². The lowest BCUT2D eigenvalue weighted by molar-refractivity contribution is 0.0967. The molecule has 0 amide bonds. The summed E-state index contributed by atoms with van der Waals surface area (Å²) < 4.78 is 0. The highest BCUT2D eigenvalue weighted by Crippen LogP contribution is 2.14. The van der Waals surface area contributed by atoms with Gasteiger partial charge in [0.1, 0.15) is 11.7 Å². The first-order valence-electron chi connectivity index (χ1n) is 5.30. The molecule has 0 bridgehead atoms. The number of hydrogen-bond acceptors (Lipinski definition) is 2. The normalized spacial score (nSPS) is 17.1. The Hall–Kier alpha value is -0.520. The molecule has 0 aliphatic carbocycles. The monoisotopic (exact) mass is 198 g/mol. The summed E-state index contributed by atoms with van der Waals surface area (Å²) >= 11 is 0. The lowest BCUT2D eigenvalue weighted by Gasteiger charge is -2.18. The molecule has 0 saturated carbocycles. The molecular formula is C12H22O2. The zero-order valence-corrected chi connectivity index (χ0v) is 9.67. The minimum absolute atomic E-state index is 0.405. The van der Waals surface area contributed by atoms with Crippen LogP contribution in [-0.4, -0.2) is 21.9 Å². The molecule has 0 saturated heterocycles. The van der Waals surface area contributed by atoms with Crippen molar-refractivity contribution in [1.82, 2.24) is 0 Å². The summed E-state index contributed by atoms with van der Waals surface area (Å²) in [6.45, 7) is 7.77. The molecule has 0 heterocycles. The zero-order valence-electron chi connectivity index (χ0n) is 9.67. The number of aliphatic hydroxyl groups is 2. The third kappa shape index (κ3) is 6.94. The van der Waals surface area contributed by atoms with Crippen LogP contribution in [0.15, 0.2) is 0 Å². The zero-order chi connectivity index (χ0) is 11.2. The number of aliphatic hydroxyl groups excluding tert-OH is 1. The van der Waals surface area contributed by atoms with Gasteiger partial charge in [0.05, 0.1) is 0 Å². The molecule has 2 heteroatoms. The Morgan fingerprint density at radius 2 is 1.93 bits per heavy atom. The summed E-state index contributed by atoms with van der Waals surface area (Å²) in [5.74, 6) is 5.82. The van der Waals surface area contributed by atoms with Crippen LogP contribution in [0.5, 0.6) is 0 Å². The van der Waals surface area contributed by atoms with Gasteiger partial charge in [0.25, 0.3) is 0 Å². The lowest BCUT2D eigenvalue weighted by atomic mass is 9.94. The van der Waals surface area contributed by atoms with Gasteiger partial charge in [-0.3, -0.25) is 0 Å². The predicted octanol–water partition coefficient (Wildman–Crippen LogP) is 1.95. The van der Waals surface area contributed by atoms with Gasteiger partial charge in [-0.2, -0.15) is 0 Å². The van der Waals surface area contributed by atoms with Crippen molar-refractivity contribution in [3.63, 3.8) is 0 Å². The van der Waals surface area contributed by atoms with Gasteiger partial charge in [0.15, 0.2) is 0 Å². The van der Waals surface area contributed by atoms with Gasteiger partial charge in [0, 0.05) is 0 Å². The molecule has 82 valence electrons. The van der Waals surface area contributed by atoms with Crippen LogP contribution in [0.1, 0.15) is 47.0 Å². The fourth-order valence-corrected chi connectivity index (χ4v) is 1.43. The molecule has 2 N–H and O–H groups in total. The maximum absolute atomic E-state index is 9.82. The third-order valence-corrected chi connectivity index (χ3v) is 1.88. The summed E-state index contributed by atoms with van der Waals surface area (Å²) in [5.41, 5.74) is -0.969. The second-order valence-corrected chi connectivity index (χ2v) is 4.45. The van der Waals surface area contributed by atoms with Crippen LogP contribution < -0.4 is 0 Å². The third-order valence-electron chi connectivity index (χ3n) is 1.88. The molecule has 0 aliphatic heterocycles. The van der Waals surface area contributed by atoms with Gasteiger partial charge in [-0.1, -0.05) is 39.0 Å². The Kier molecular flexibility index (Phi) is 5.83. The second-order valence-electron chi connectivity index (χ2n) is 4.45. The van der Waals surface area contributed by atoms with Crippen LogP contribution in [0.25, 0.3) is 0 Å². The summed E-state index contributed by atoms with van der Waals surface area (Å²) in [6.07, 6.45) is 1.62. The Labute approximate surface area is 87.3 Å². The van der Waals surface area contributed by atoms with Crippen molar-refractivity contribution in [2.24, 2.45) is 5.92 Å². The van der Waals surface area contributed by atoms with Crippen LogP contribution in [0.4, 0.5) is 0 Å². The Balaban J connectivity index is 4.17. The van der Waals surface area contributed by atoms with Crippen LogP contribution >= 0.6 is 0 Å². The van der Waals surface area contributed by atoms with Crippen LogP contribution in [0.2, 0.25) is 0 Å². The molecular weight excluding hydrogens is 176 g/mol. The molecule has 0 aromatic heterocycles. The fraction of sp³-hybridized carbons (Fsp3) is 0.833. The number of rotatable bonds is 4.